The Labute approximate surface area is 104 Å². The largest absolute Gasteiger partial charge is 0.381 e. The van der Waals surface area contributed by atoms with Crippen molar-refractivity contribution in [1.82, 2.24) is 10.3 Å². The number of nitrogens with two attached hydrogens (primary N) is 1. The first kappa shape index (κ1) is 12.3. The van der Waals surface area contributed by atoms with Crippen LogP contribution in [0.15, 0.2) is 5.38 Å². The minimum absolute atomic E-state index is 0.000809. The lowest BCUT2D eigenvalue weighted by Crippen LogP contribution is -2.34. The van der Waals surface area contributed by atoms with E-state index in [1.165, 1.54) is 11.3 Å². The molecule has 1 amide bonds. The van der Waals surface area contributed by atoms with Gasteiger partial charge in [-0.2, -0.15) is 0 Å². The molecule has 0 aromatic carbocycles. The lowest BCUT2D eigenvalue weighted by Gasteiger charge is -2.22. The summed E-state index contributed by atoms with van der Waals surface area (Å²) in [7, 11) is 0. The summed E-state index contributed by atoms with van der Waals surface area (Å²) in [4.78, 5) is 15.7. The number of aromatic nitrogens is 1. The maximum atomic E-state index is 11.6. The molecule has 2 rings (SSSR count). The van der Waals surface area contributed by atoms with Crippen molar-refractivity contribution < 1.29 is 9.53 Å². The molecule has 5 nitrogen and oxygen atoms in total. The van der Waals surface area contributed by atoms with Gasteiger partial charge in [0.15, 0.2) is 5.13 Å². The van der Waals surface area contributed by atoms with Crippen LogP contribution in [-0.4, -0.2) is 30.6 Å². The van der Waals surface area contributed by atoms with Gasteiger partial charge < -0.3 is 15.8 Å². The summed E-state index contributed by atoms with van der Waals surface area (Å²) in [6.45, 7) is 2.30. The molecule has 0 radical (unpaired) electrons. The van der Waals surface area contributed by atoms with Crippen molar-refractivity contribution in [2.24, 2.45) is 5.92 Å². The van der Waals surface area contributed by atoms with Crippen LogP contribution in [0, 0.1) is 5.92 Å². The summed E-state index contributed by atoms with van der Waals surface area (Å²) in [5.41, 5.74) is 6.25. The van der Waals surface area contributed by atoms with Crippen molar-refractivity contribution in [3.05, 3.63) is 11.1 Å². The molecule has 1 aromatic heterocycles. The van der Waals surface area contributed by atoms with Gasteiger partial charge in [0, 0.05) is 18.5 Å². The van der Waals surface area contributed by atoms with E-state index in [1.54, 1.807) is 0 Å². The van der Waals surface area contributed by atoms with Crippen molar-refractivity contribution in [2.75, 3.05) is 25.5 Å². The summed E-state index contributed by atoms with van der Waals surface area (Å²) in [5, 5.41) is 5.24. The van der Waals surface area contributed by atoms with Crippen LogP contribution in [0.1, 0.15) is 18.5 Å². The summed E-state index contributed by atoms with van der Waals surface area (Å²) < 4.78 is 5.36. The standard InChI is InChI=1S/C11H17N3O2S/c12-11-14-9(7-17-11)4-10(15)13-5-8-2-1-3-16-6-8/h7-8H,1-6H2,(H2,12,14)(H,13,15). The fourth-order valence-corrected chi connectivity index (χ4v) is 2.42. The van der Waals surface area contributed by atoms with Gasteiger partial charge in [-0.1, -0.05) is 0 Å². The van der Waals surface area contributed by atoms with Crippen LogP contribution in [0.4, 0.5) is 5.13 Å². The van der Waals surface area contributed by atoms with Crippen molar-refractivity contribution in [3.63, 3.8) is 0 Å². The Morgan fingerprint density at radius 2 is 2.59 bits per heavy atom. The second-order valence-corrected chi connectivity index (χ2v) is 5.13. The van der Waals surface area contributed by atoms with Gasteiger partial charge in [0.1, 0.15) is 0 Å². The van der Waals surface area contributed by atoms with Crippen LogP contribution < -0.4 is 11.1 Å². The van der Waals surface area contributed by atoms with E-state index in [-0.39, 0.29) is 5.91 Å². The third kappa shape index (κ3) is 3.98. The van der Waals surface area contributed by atoms with Gasteiger partial charge in [-0.25, -0.2) is 4.98 Å². The summed E-state index contributed by atoms with van der Waals surface area (Å²) in [5.74, 6) is 0.453. The maximum Gasteiger partial charge on any atom is 0.226 e. The Balaban J connectivity index is 1.70. The van der Waals surface area contributed by atoms with E-state index >= 15 is 0 Å². The molecule has 1 unspecified atom stereocenters. The fraction of sp³-hybridized carbons (Fsp3) is 0.636. The van der Waals surface area contributed by atoms with Crippen molar-refractivity contribution in [1.29, 1.82) is 0 Å². The Kier molecular flexibility index (Phi) is 4.33. The van der Waals surface area contributed by atoms with E-state index < -0.39 is 0 Å². The number of amides is 1. The van der Waals surface area contributed by atoms with Crippen molar-refractivity contribution in [2.45, 2.75) is 19.3 Å². The van der Waals surface area contributed by atoms with Crippen molar-refractivity contribution >= 4 is 22.4 Å². The molecule has 1 aliphatic rings. The molecule has 0 bridgehead atoms. The average molecular weight is 255 g/mol. The Bertz CT molecular complexity index is 375. The molecule has 0 aliphatic carbocycles. The number of nitrogens with one attached hydrogen (secondary N) is 1. The predicted molar refractivity (Wildman–Crippen MR) is 66.8 cm³/mol. The molecular formula is C11H17N3O2S. The Hall–Kier alpha value is -1.14. The molecule has 1 fully saturated rings. The molecule has 17 heavy (non-hydrogen) atoms. The van der Waals surface area contributed by atoms with Crippen LogP contribution in [0.3, 0.4) is 0 Å². The highest BCUT2D eigenvalue weighted by Gasteiger charge is 2.15. The van der Waals surface area contributed by atoms with Gasteiger partial charge in [0.2, 0.25) is 5.91 Å². The summed E-state index contributed by atoms with van der Waals surface area (Å²) >= 11 is 1.36. The SMILES string of the molecule is Nc1nc(CC(=O)NCC2CCCOC2)cs1. The average Bonchev–Trinajstić information content (AvgIpc) is 2.73. The molecule has 6 heteroatoms. The second kappa shape index (κ2) is 5.97. The van der Waals surface area contributed by atoms with E-state index in [9.17, 15) is 4.79 Å². The number of nitrogens with zero attached hydrogens (tertiary/aromatic N) is 1. The van der Waals surface area contributed by atoms with Gasteiger partial charge in [0.05, 0.1) is 18.7 Å². The first-order valence-corrected chi connectivity index (χ1v) is 6.66. The molecule has 1 saturated heterocycles. The maximum absolute atomic E-state index is 11.6. The number of carbonyl (C=O) groups is 1. The molecule has 0 spiro atoms. The third-order valence-corrected chi connectivity index (χ3v) is 3.48. The number of ether oxygens (including phenoxy) is 1. The number of anilines is 1. The van der Waals surface area contributed by atoms with Gasteiger partial charge in [-0.3, -0.25) is 4.79 Å². The van der Waals surface area contributed by atoms with Crippen LogP contribution in [0.25, 0.3) is 0 Å². The summed E-state index contributed by atoms with van der Waals surface area (Å²) in [6, 6.07) is 0. The van der Waals surface area contributed by atoms with Crippen LogP contribution in [0.2, 0.25) is 0 Å². The van der Waals surface area contributed by atoms with Crippen LogP contribution >= 0.6 is 11.3 Å². The zero-order valence-electron chi connectivity index (χ0n) is 9.65. The Morgan fingerprint density at radius 3 is 3.24 bits per heavy atom. The molecule has 1 aliphatic heterocycles. The van der Waals surface area contributed by atoms with E-state index in [4.69, 9.17) is 10.5 Å². The highest BCUT2D eigenvalue weighted by atomic mass is 32.1. The van der Waals surface area contributed by atoms with Gasteiger partial charge in [-0.05, 0) is 18.8 Å². The Morgan fingerprint density at radius 1 is 1.71 bits per heavy atom. The van der Waals surface area contributed by atoms with Crippen LogP contribution in [0.5, 0.6) is 0 Å². The van der Waals surface area contributed by atoms with Gasteiger partial charge >= 0.3 is 0 Å². The predicted octanol–water partition coefficient (Wildman–Crippen LogP) is 0.811. The quantitative estimate of drug-likeness (QED) is 0.834. The number of nitrogen functional groups attached to an aromatic ring is 1. The molecular weight excluding hydrogens is 238 g/mol. The number of hydrogen-bond donors (Lipinski definition) is 2. The zero-order chi connectivity index (χ0) is 12.1. The van der Waals surface area contributed by atoms with Gasteiger partial charge in [0.25, 0.3) is 0 Å². The van der Waals surface area contributed by atoms with Gasteiger partial charge in [-0.15, -0.1) is 11.3 Å². The molecule has 3 N–H and O–H groups in total. The number of carbonyl (C=O) groups excluding carboxylic acids is 1. The molecule has 0 saturated carbocycles. The lowest BCUT2D eigenvalue weighted by molar-refractivity contribution is -0.120. The first-order chi connectivity index (χ1) is 8.24. The smallest absolute Gasteiger partial charge is 0.226 e. The molecule has 94 valence electrons. The number of rotatable bonds is 4. The van der Waals surface area contributed by atoms with E-state index in [0.717, 1.165) is 31.7 Å². The highest BCUT2D eigenvalue weighted by Crippen LogP contribution is 2.13. The number of hydrogen-bond acceptors (Lipinski definition) is 5. The second-order valence-electron chi connectivity index (χ2n) is 4.24. The van der Waals surface area contributed by atoms with Crippen molar-refractivity contribution in [3.8, 4) is 0 Å². The molecule has 2 heterocycles. The minimum Gasteiger partial charge on any atom is -0.381 e. The van der Waals surface area contributed by atoms with Crippen LogP contribution in [-0.2, 0) is 16.0 Å². The zero-order valence-corrected chi connectivity index (χ0v) is 10.5. The normalized spacial score (nSPS) is 20.1. The molecule has 1 aromatic rings. The molecule has 1 atom stereocenters. The first-order valence-electron chi connectivity index (χ1n) is 5.78. The van der Waals surface area contributed by atoms with E-state index in [0.29, 0.717) is 24.0 Å². The summed E-state index contributed by atoms with van der Waals surface area (Å²) in [6.07, 6.45) is 2.52. The minimum atomic E-state index is 0.000809. The monoisotopic (exact) mass is 255 g/mol. The fourth-order valence-electron chi connectivity index (χ4n) is 1.86. The number of thiazole rings is 1. The third-order valence-electron chi connectivity index (χ3n) is 2.75. The highest BCUT2D eigenvalue weighted by molar-refractivity contribution is 7.13. The van der Waals surface area contributed by atoms with E-state index in [1.807, 2.05) is 5.38 Å². The lowest BCUT2D eigenvalue weighted by atomic mass is 10.0. The topological polar surface area (TPSA) is 77.2 Å². The van der Waals surface area contributed by atoms with E-state index in [2.05, 4.69) is 10.3 Å².